The number of fused-ring (bicyclic) bond motifs is 2. The lowest BCUT2D eigenvalue weighted by atomic mass is 10.1. The van der Waals surface area contributed by atoms with Crippen molar-refractivity contribution in [1.29, 1.82) is 0 Å². The molecule has 198 valence electrons. The van der Waals surface area contributed by atoms with Gasteiger partial charge in [-0.15, -0.1) is 23.1 Å². The van der Waals surface area contributed by atoms with Crippen LogP contribution in [0.5, 0.6) is 5.75 Å². The number of aromatic nitrogens is 1. The van der Waals surface area contributed by atoms with Crippen molar-refractivity contribution in [2.24, 2.45) is 4.99 Å². The number of thiazole rings is 1. The first-order chi connectivity index (χ1) is 17.9. The van der Waals surface area contributed by atoms with Crippen LogP contribution in [0.15, 0.2) is 23.2 Å². The fraction of sp³-hybridized carbons (Fsp3) is 0.462. The van der Waals surface area contributed by atoms with Crippen LogP contribution in [0.25, 0.3) is 10.2 Å². The summed E-state index contributed by atoms with van der Waals surface area (Å²) in [5.74, 6) is -0.0104. The minimum absolute atomic E-state index is 0.0837. The van der Waals surface area contributed by atoms with Crippen LogP contribution in [-0.4, -0.2) is 47.6 Å². The first kappa shape index (κ1) is 27.4. The molecule has 2 heterocycles. The molecule has 1 aliphatic rings. The summed E-state index contributed by atoms with van der Waals surface area (Å²) in [7, 11) is 1.62. The van der Waals surface area contributed by atoms with Gasteiger partial charge in [-0.25, -0.2) is 4.79 Å². The molecule has 0 atom stereocenters. The molecule has 4 rings (SSSR count). The molecule has 1 aromatic carbocycles. The summed E-state index contributed by atoms with van der Waals surface area (Å²) in [5.41, 5.74) is 2.51. The molecular weight excluding hydrogens is 531 g/mol. The standard InChI is InChI=1S/C26H31N3O5S3/c1-4-29-18-12-11-16(33-3)13-20(18)37-26(29)28-22(31)15-35-14-21(30)27-24-23(25(32)34-5-2)17-9-7-6-8-10-19(17)36-24/h11-13H,4-10,14-15H2,1-3H3,(H,27,30). The van der Waals surface area contributed by atoms with E-state index in [2.05, 4.69) is 10.3 Å². The molecular formula is C26H31N3O5S3. The zero-order valence-electron chi connectivity index (χ0n) is 21.3. The number of benzene rings is 1. The molecule has 0 saturated carbocycles. The lowest BCUT2D eigenvalue weighted by Gasteiger charge is -2.08. The number of carbonyl (C=O) groups is 3. The van der Waals surface area contributed by atoms with Gasteiger partial charge in [-0.2, -0.15) is 4.99 Å². The van der Waals surface area contributed by atoms with Crippen LogP contribution in [0.1, 0.15) is 53.9 Å². The predicted molar refractivity (Wildman–Crippen MR) is 150 cm³/mol. The Kier molecular flexibility index (Phi) is 9.44. The molecule has 0 fully saturated rings. The Bertz CT molecular complexity index is 1370. The van der Waals surface area contributed by atoms with Crippen LogP contribution in [0.2, 0.25) is 0 Å². The number of hydrogen-bond acceptors (Lipinski definition) is 8. The van der Waals surface area contributed by atoms with Gasteiger partial charge in [0.25, 0.3) is 5.91 Å². The van der Waals surface area contributed by atoms with Crippen molar-refractivity contribution < 1.29 is 23.9 Å². The van der Waals surface area contributed by atoms with Gasteiger partial charge in [-0.1, -0.05) is 17.8 Å². The average Bonchev–Trinajstić information content (AvgIpc) is 3.30. The fourth-order valence-corrected chi connectivity index (χ4v) is 7.39. The van der Waals surface area contributed by atoms with Gasteiger partial charge in [0.05, 0.1) is 41.0 Å². The van der Waals surface area contributed by atoms with Crippen LogP contribution in [0.4, 0.5) is 5.00 Å². The third-order valence-electron chi connectivity index (χ3n) is 6.04. The third kappa shape index (κ3) is 6.45. The van der Waals surface area contributed by atoms with E-state index in [9.17, 15) is 14.4 Å². The number of nitrogens with one attached hydrogen (secondary N) is 1. The molecule has 0 aliphatic heterocycles. The molecule has 3 aromatic rings. The molecule has 2 amide bonds. The number of nitrogens with zero attached hydrogens (tertiary/aromatic N) is 2. The maximum atomic E-state index is 12.7. The molecule has 8 nitrogen and oxygen atoms in total. The SMILES string of the molecule is CCOC(=O)c1c(NC(=O)CSCC(=O)N=c2sc3cc(OC)ccc3n2CC)sc2c1CCCCC2. The zero-order chi connectivity index (χ0) is 26.4. The van der Waals surface area contributed by atoms with Crippen molar-refractivity contribution in [3.63, 3.8) is 0 Å². The number of methoxy groups -OCH3 is 1. The summed E-state index contributed by atoms with van der Waals surface area (Å²) in [5, 5.41) is 3.45. The average molecular weight is 562 g/mol. The van der Waals surface area contributed by atoms with E-state index in [0.29, 0.717) is 21.9 Å². The molecule has 1 N–H and O–H groups in total. The van der Waals surface area contributed by atoms with E-state index in [-0.39, 0.29) is 35.9 Å². The van der Waals surface area contributed by atoms with E-state index in [1.165, 1.54) is 34.4 Å². The molecule has 0 radical (unpaired) electrons. The van der Waals surface area contributed by atoms with Crippen LogP contribution in [0.3, 0.4) is 0 Å². The topological polar surface area (TPSA) is 99.0 Å². The summed E-state index contributed by atoms with van der Waals surface area (Å²) < 4.78 is 13.6. The largest absolute Gasteiger partial charge is 0.497 e. The van der Waals surface area contributed by atoms with E-state index in [0.717, 1.165) is 58.5 Å². The van der Waals surface area contributed by atoms with Gasteiger partial charge < -0.3 is 19.4 Å². The van der Waals surface area contributed by atoms with Gasteiger partial charge in [-0.05, 0) is 63.3 Å². The van der Waals surface area contributed by atoms with Crippen molar-refractivity contribution in [1.82, 2.24) is 4.57 Å². The quantitative estimate of drug-likeness (QED) is 0.290. The molecule has 0 saturated heterocycles. The maximum absolute atomic E-state index is 12.7. The van der Waals surface area contributed by atoms with Gasteiger partial charge >= 0.3 is 5.97 Å². The van der Waals surface area contributed by atoms with E-state index in [1.54, 1.807) is 14.0 Å². The molecule has 2 aromatic heterocycles. The van der Waals surface area contributed by atoms with Gasteiger partial charge in [0, 0.05) is 11.4 Å². The van der Waals surface area contributed by atoms with Crippen LogP contribution in [-0.2, 0) is 33.7 Å². The highest BCUT2D eigenvalue weighted by molar-refractivity contribution is 8.00. The van der Waals surface area contributed by atoms with E-state index < -0.39 is 0 Å². The van der Waals surface area contributed by atoms with Gasteiger partial charge in [-0.3, -0.25) is 9.59 Å². The Hall–Kier alpha value is -2.63. The molecule has 11 heteroatoms. The van der Waals surface area contributed by atoms with Crippen LogP contribution < -0.4 is 14.9 Å². The second-order valence-corrected chi connectivity index (χ2v) is 11.6. The Balaban J connectivity index is 1.41. The summed E-state index contributed by atoms with van der Waals surface area (Å²) in [6.07, 6.45) is 4.97. The zero-order valence-corrected chi connectivity index (χ0v) is 23.7. The first-order valence-electron chi connectivity index (χ1n) is 12.4. The normalized spacial score (nSPS) is 13.8. The summed E-state index contributed by atoms with van der Waals surface area (Å²) in [4.78, 5) is 44.1. The number of rotatable bonds is 9. The minimum atomic E-state index is -0.385. The number of thiophene rings is 1. The fourth-order valence-electron chi connectivity index (χ4n) is 4.35. The first-order valence-corrected chi connectivity index (χ1v) is 15.2. The highest BCUT2D eigenvalue weighted by Crippen LogP contribution is 2.38. The van der Waals surface area contributed by atoms with Crippen molar-refractivity contribution in [2.45, 2.75) is 52.5 Å². The van der Waals surface area contributed by atoms with Gasteiger partial charge in [0.15, 0.2) is 4.80 Å². The number of hydrogen-bond donors (Lipinski definition) is 1. The highest BCUT2D eigenvalue weighted by Gasteiger charge is 2.26. The van der Waals surface area contributed by atoms with Crippen molar-refractivity contribution in [3.8, 4) is 5.75 Å². The Morgan fingerprint density at radius 3 is 2.68 bits per heavy atom. The van der Waals surface area contributed by atoms with Gasteiger partial charge in [0.1, 0.15) is 10.8 Å². The lowest BCUT2D eigenvalue weighted by Crippen LogP contribution is -2.19. The number of anilines is 1. The van der Waals surface area contributed by atoms with Crippen LogP contribution >= 0.6 is 34.4 Å². The molecule has 0 bridgehead atoms. The summed E-state index contributed by atoms with van der Waals surface area (Å²) >= 11 is 4.11. The number of thioether (sulfide) groups is 1. The number of carbonyl (C=O) groups excluding carboxylic acids is 3. The third-order valence-corrected chi connectivity index (χ3v) is 9.20. The van der Waals surface area contributed by atoms with E-state index >= 15 is 0 Å². The Morgan fingerprint density at radius 2 is 1.92 bits per heavy atom. The number of aryl methyl sites for hydroxylation is 2. The molecule has 1 aliphatic carbocycles. The monoisotopic (exact) mass is 561 g/mol. The van der Waals surface area contributed by atoms with Crippen molar-refractivity contribution >= 4 is 67.4 Å². The summed E-state index contributed by atoms with van der Waals surface area (Å²) in [6.45, 7) is 4.75. The smallest absolute Gasteiger partial charge is 0.341 e. The number of ether oxygens (including phenoxy) is 2. The summed E-state index contributed by atoms with van der Waals surface area (Å²) in [6, 6.07) is 5.79. The highest BCUT2D eigenvalue weighted by atomic mass is 32.2. The predicted octanol–water partition coefficient (Wildman–Crippen LogP) is 5.04. The number of esters is 1. The van der Waals surface area contributed by atoms with E-state index in [4.69, 9.17) is 9.47 Å². The minimum Gasteiger partial charge on any atom is -0.497 e. The molecule has 0 unspecified atom stereocenters. The van der Waals surface area contributed by atoms with Crippen molar-refractivity contribution in [2.75, 3.05) is 30.5 Å². The lowest BCUT2D eigenvalue weighted by molar-refractivity contribution is -0.115. The number of amides is 2. The Labute approximate surface area is 228 Å². The van der Waals surface area contributed by atoms with Gasteiger partial charge in [0.2, 0.25) is 5.91 Å². The second kappa shape index (κ2) is 12.7. The van der Waals surface area contributed by atoms with Crippen molar-refractivity contribution in [3.05, 3.63) is 39.0 Å². The second-order valence-electron chi connectivity index (χ2n) is 8.50. The molecule has 0 spiro atoms. The maximum Gasteiger partial charge on any atom is 0.341 e. The van der Waals surface area contributed by atoms with Crippen LogP contribution in [0, 0.1) is 0 Å². The Morgan fingerprint density at radius 1 is 1.11 bits per heavy atom. The van der Waals surface area contributed by atoms with E-state index in [1.807, 2.05) is 29.7 Å². The molecule has 37 heavy (non-hydrogen) atoms.